The van der Waals surface area contributed by atoms with Gasteiger partial charge in [0.15, 0.2) is 5.96 Å². The predicted molar refractivity (Wildman–Crippen MR) is 92.7 cm³/mol. The van der Waals surface area contributed by atoms with E-state index >= 15 is 0 Å². The van der Waals surface area contributed by atoms with Gasteiger partial charge in [-0.2, -0.15) is 0 Å². The maximum atomic E-state index is 5.65. The lowest BCUT2D eigenvalue weighted by Crippen LogP contribution is -2.44. The van der Waals surface area contributed by atoms with E-state index in [2.05, 4.69) is 29.4 Å². The van der Waals surface area contributed by atoms with Gasteiger partial charge in [0.1, 0.15) is 5.76 Å². The van der Waals surface area contributed by atoms with Crippen LogP contribution in [0.2, 0.25) is 0 Å². The average Bonchev–Trinajstić information content (AvgIpc) is 3.21. The van der Waals surface area contributed by atoms with E-state index in [1.165, 1.54) is 12.8 Å². The standard InChI is InChI=1S/C17H30N4O2/c1-4-18-17(20-14(2)13-22-3)19-12-15(16-8-7-11-23-16)21-9-5-6-10-21/h7-8,11,14-15H,4-6,9-10,12-13H2,1-3H3,(H2,18,19,20). The molecule has 1 saturated heterocycles. The first kappa shape index (κ1) is 17.8. The molecule has 0 radical (unpaired) electrons. The molecule has 1 aromatic heterocycles. The fourth-order valence-corrected chi connectivity index (χ4v) is 2.94. The highest BCUT2D eigenvalue weighted by Gasteiger charge is 2.25. The van der Waals surface area contributed by atoms with Gasteiger partial charge in [0.05, 0.1) is 25.5 Å². The van der Waals surface area contributed by atoms with Crippen LogP contribution in [-0.2, 0) is 4.74 Å². The molecule has 1 fully saturated rings. The summed E-state index contributed by atoms with van der Waals surface area (Å²) < 4.78 is 10.8. The van der Waals surface area contributed by atoms with Crippen molar-refractivity contribution in [2.75, 3.05) is 39.9 Å². The summed E-state index contributed by atoms with van der Waals surface area (Å²) in [5.41, 5.74) is 0. The molecule has 6 nitrogen and oxygen atoms in total. The Morgan fingerprint density at radius 3 is 2.83 bits per heavy atom. The van der Waals surface area contributed by atoms with Crippen LogP contribution in [-0.4, -0.2) is 56.8 Å². The topological polar surface area (TPSA) is 62.0 Å². The molecule has 23 heavy (non-hydrogen) atoms. The van der Waals surface area contributed by atoms with E-state index < -0.39 is 0 Å². The van der Waals surface area contributed by atoms with Gasteiger partial charge in [-0.3, -0.25) is 9.89 Å². The number of likely N-dealkylation sites (tertiary alicyclic amines) is 1. The van der Waals surface area contributed by atoms with Gasteiger partial charge in [-0.15, -0.1) is 0 Å². The SMILES string of the molecule is CCNC(=NCC(c1ccco1)N1CCCC1)NC(C)COC. The number of nitrogens with zero attached hydrogens (tertiary/aromatic N) is 2. The van der Waals surface area contributed by atoms with Crippen LogP contribution in [0.3, 0.4) is 0 Å². The molecule has 2 heterocycles. The molecule has 0 spiro atoms. The number of guanidine groups is 1. The highest BCUT2D eigenvalue weighted by molar-refractivity contribution is 5.80. The van der Waals surface area contributed by atoms with Gasteiger partial charge in [0.2, 0.25) is 0 Å². The smallest absolute Gasteiger partial charge is 0.191 e. The number of nitrogens with one attached hydrogen (secondary N) is 2. The molecule has 1 aliphatic heterocycles. The fraction of sp³-hybridized carbons (Fsp3) is 0.706. The first-order valence-electron chi connectivity index (χ1n) is 8.55. The predicted octanol–water partition coefficient (Wildman–Crippen LogP) is 2.01. The lowest BCUT2D eigenvalue weighted by molar-refractivity contribution is 0.178. The maximum absolute atomic E-state index is 5.65. The minimum atomic E-state index is 0.209. The monoisotopic (exact) mass is 322 g/mol. The molecule has 1 aliphatic rings. The van der Waals surface area contributed by atoms with Crippen molar-refractivity contribution >= 4 is 5.96 Å². The summed E-state index contributed by atoms with van der Waals surface area (Å²) in [7, 11) is 1.71. The van der Waals surface area contributed by atoms with Crippen LogP contribution in [0.5, 0.6) is 0 Å². The van der Waals surface area contributed by atoms with Gasteiger partial charge in [-0.25, -0.2) is 0 Å². The van der Waals surface area contributed by atoms with Gasteiger partial charge >= 0.3 is 0 Å². The van der Waals surface area contributed by atoms with Crippen molar-refractivity contribution in [1.29, 1.82) is 0 Å². The Labute approximate surface area is 139 Å². The highest BCUT2D eigenvalue weighted by Crippen LogP contribution is 2.25. The van der Waals surface area contributed by atoms with Crippen LogP contribution in [0.25, 0.3) is 0 Å². The molecule has 2 atom stereocenters. The fourth-order valence-electron chi connectivity index (χ4n) is 2.94. The third-order valence-corrected chi connectivity index (χ3v) is 4.02. The molecule has 6 heteroatoms. The van der Waals surface area contributed by atoms with E-state index in [0.29, 0.717) is 13.2 Å². The molecule has 2 rings (SSSR count). The summed E-state index contributed by atoms with van der Waals surface area (Å²) in [5, 5.41) is 6.67. The zero-order chi connectivity index (χ0) is 16.5. The Morgan fingerprint density at radius 1 is 1.43 bits per heavy atom. The second-order valence-electron chi connectivity index (χ2n) is 5.99. The number of furan rings is 1. The normalized spacial score (nSPS) is 18.8. The molecule has 2 unspecified atom stereocenters. The average molecular weight is 322 g/mol. The Balaban J connectivity index is 2.03. The Kier molecular flexibility index (Phi) is 7.42. The van der Waals surface area contributed by atoms with Crippen LogP contribution < -0.4 is 10.6 Å². The molecular formula is C17H30N4O2. The van der Waals surface area contributed by atoms with Crippen LogP contribution in [0, 0.1) is 0 Å². The van der Waals surface area contributed by atoms with Crippen molar-refractivity contribution in [2.24, 2.45) is 4.99 Å². The number of ether oxygens (including phenoxy) is 1. The van der Waals surface area contributed by atoms with Crippen molar-refractivity contribution < 1.29 is 9.15 Å². The summed E-state index contributed by atoms with van der Waals surface area (Å²) in [5.74, 6) is 1.82. The summed E-state index contributed by atoms with van der Waals surface area (Å²) in [6.07, 6.45) is 4.25. The van der Waals surface area contributed by atoms with Crippen molar-refractivity contribution in [2.45, 2.75) is 38.8 Å². The second-order valence-corrected chi connectivity index (χ2v) is 5.99. The summed E-state index contributed by atoms with van der Waals surface area (Å²) in [4.78, 5) is 7.24. The molecular weight excluding hydrogens is 292 g/mol. The van der Waals surface area contributed by atoms with Crippen molar-refractivity contribution in [3.63, 3.8) is 0 Å². The first-order valence-corrected chi connectivity index (χ1v) is 8.55. The van der Waals surface area contributed by atoms with E-state index in [-0.39, 0.29) is 12.1 Å². The van der Waals surface area contributed by atoms with Crippen molar-refractivity contribution in [1.82, 2.24) is 15.5 Å². The maximum Gasteiger partial charge on any atom is 0.191 e. The summed E-state index contributed by atoms with van der Waals surface area (Å²) in [6.45, 7) is 8.56. The Morgan fingerprint density at radius 2 is 2.22 bits per heavy atom. The van der Waals surface area contributed by atoms with Gasteiger partial charge in [-0.1, -0.05) is 0 Å². The zero-order valence-electron chi connectivity index (χ0n) is 14.5. The Bertz CT molecular complexity index is 455. The van der Waals surface area contributed by atoms with Gasteiger partial charge < -0.3 is 19.8 Å². The van der Waals surface area contributed by atoms with Gasteiger partial charge in [-0.05, 0) is 51.9 Å². The van der Waals surface area contributed by atoms with Crippen molar-refractivity contribution in [3.8, 4) is 0 Å². The van der Waals surface area contributed by atoms with E-state index in [4.69, 9.17) is 14.1 Å². The first-order chi connectivity index (χ1) is 11.2. The number of rotatable bonds is 8. The van der Waals surface area contributed by atoms with E-state index in [1.54, 1.807) is 13.4 Å². The van der Waals surface area contributed by atoms with Crippen molar-refractivity contribution in [3.05, 3.63) is 24.2 Å². The lowest BCUT2D eigenvalue weighted by Gasteiger charge is -2.25. The van der Waals surface area contributed by atoms with E-state index in [0.717, 1.165) is 31.4 Å². The highest BCUT2D eigenvalue weighted by atomic mass is 16.5. The molecule has 0 saturated carbocycles. The third-order valence-electron chi connectivity index (χ3n) is 4.02. The van der Waals surface area contributed by atoms with Crippen LogP contribution in [0.15, 0.2) is 27.8 Å². The molecule has 0 aliphatic carbocycles. The van der Waals surface area contributed by atoms with Gasteiger partial charge in [0, 0.05) is 19.7 Å². The molecule has 0 amide bonds. The molecule has 0 aromatic carbocycles. The van der Waals surface area contributed by atoms with Crippen LogP contribution >= 0.6 is 0 Å². The van der Waals surface area contributed by atoms with Gasteiger partial charge in [0.25, 0.3) is 0 Å². The quantitative estimate of drug-likeness (QED) is 0.566. The third kappa shape index (κ3) is 5.55. The number of hydrogen-bond acceptors (Lipinski definition) is 4. The van der Waals surface area contributed by atoms with Crippen LogP contribution in [0.1, 0.15) is 38.5 Å². The molecule has 2 N–H and O–H groups in total. The zero-order valence-corrected chi connectivity index (χ0v) is 14.5. The Hall–Kier alpha value is -1.53. The minimum Gasteiger partial charge on any atom is -0.468 e. The molecule has 130 valence electrons. The summed E-state index contributed by atoms with van der Waals surface area (Å²) in [6, 6.07) is 4.42. The minimum absolute atomic E-state index is 0.209. The lowest BCUT2D eigenvalue weighted by atomic mass is 10.2. The number of methoxy groups -OCH3 is 1. The number of hydrogen-bond donors (Lipinski definition) is 2. The van der Waals surface area contributed by atoms with Crippen LogP contribution in [0.4, 0.5) is 0 Å². The molecule has 0 bridgehead atoms. The van der Waals surface area contributed by atoms with E-state index in [9.17, 15) is 0 Å². The second kappa shape index (κ2) is 9.57. The number of aliphatic imine (C=N–C) groups is 1. The largest absolute Gasteiger partial charge is 0.468 e. The van der Waals surface area contributed by atoms with E-state index in [1.807, 2.05) is 12.1 Å². The molecule has 1 aromatic rings. The summed E-state index contributed by atoms with van der Waals surface area (Å²) >= 11 is 0.